The number of anilines is 2. The minimum absolute atomic E-state index is 0.0783. The van der Waals surface area contributed by atoms with Crippen LogP contribution in [-0.2, 0) is 4.79 Å². The number of nitrogens with zero attached hydrogens (tertiary/aromatic N) is 2. The summed E-state index contributed by atoms with van der Waals surface area (Å²) in [5.41, 5.74) is 5.65. The molecule has 2 aromatic rings. The zero-order valence-electron chi connectivity index (χ0n) is 11.2. The van der Waals surface area contributed by atoms with Crippen LogP contribution in [0.1, 0.15) is 27.2 Å². The molecule has 0 radical (unpaired) electrons. The number of fused-ring (bicyclic) bond motifs is 1. The van der Waals surface area contributed by atoms with Crippen molar-refractivity contribution in [2.75, 3.05) is 10.7 Å². The maximum atomic E-state index is 11.0. The molecule has 1 amide bonds. The minimum Gasteiger partial charge on any atom is -0.326 e. The molecule has 100 valence electrons. The van der Waals surface area contributed by atoms with Crippen LogP contribution >= 0.6 is 11.3 Å². The second-order valence-corrected chi connectivity index (χ2v) is 5.23. The van der Waals surface area contributed by atoms with Crippen molar-refractivity contribution in [2.24, 2.45) is 5.10 Å². The van der Waals surface area contributed by atoms with Gasteiger partial charge in [0.2, 0.25) is 11.0 Å². The lowest BCUT2D eigenvalue weighted by Gasteiger charge is -1.99. The van der Waals surface area contributed by atoms with E-state index in [4.69, 9.17) is 0 Å². The van der Waals surface area contributed by atoms with E-state index in [-0.39, 0.29) is 5.91 Å². The van der Waals surface area contributed by atoms with Gasteiger partial charge >= 0.3 is 0 Å². The Bertz CT molecular complexity index is 633. The van der Waals surface area contributed by atoms with Crippen LogP contribution in [0.15, 0.2) is 23.3 Å². The first-order valence-electron chi connectivity index (χ1n) is 6.06. The molecule has 2 N–H and O–H groups in total. The molecule has 0 saturated heterocycles. The minimum atomic E-state index is -0.0783. The van der Waals surface area contributed by atoms with Gasteiger partial charge in [0, 0.05) is 18.3 Å². The van der Waals surface area contributed by atoms with Crippen molar-refractivity contribution < 1.29 is 4.79 Å². The predicted molar refractivity (Wildman–Crippen MR) is 80.9 cm³/mol. The Morgan fingerprint density at radius 3 is 2.89 bits per heavy atom. The van der Waals surface area contributed by atoms with Gasteiger partial charge < -0.3 is 5.32 Å². The Morgan fingerprint density at radius 1 is 1.42 bits per heavy atom. The smallest absolute Gasteiger partial charge is 0.221 e. The molecule has 0 aliphatic rings. The Morgan fingerprint density at radius 2 is 2.21 bits per heavy atom. The Kier molecular flexibility index (Phi) is 4.11. The second kappa shape index (κ2) is 5.79. The summed E-state index contributed by atoms with van der Waals surface area (Å²) >= 11 is 1.51. The zero-order valence-corrected chi connectivity index (χ0v) is 12.0. The monoisotopic (exact) mass is 276 g/mol. The number of hydrogen-bond donors (Lipinski definition) is 2. The highest BCUT2D eigenvalue weighted by Crippen LogP contribution is 2.28. The van der Waals surface area contributed by atoms with E-state index in [9.17, 15) is 4.79 Å². The van der Waals surface area contributed by atoms with Gasteiger partial charge in [-0.25, -0.2) is 4.98 Å². The first-order chi connectivity index (χ1) is 9.08. The number of benzene rings is 1. The van der Waals surface area contributed by atoms with Crippen molar-refractivity contribution in [2.45, 2.75) is 27.2 Å². The number of amides is 1. The van der Waals surface area contributed by atoms with Crippen molar-refractivity contribution in [3.63, 3.8) is 0 Å². The van der Waals surface area contributed by atoms with E-state index in [1.54, 1.807) is 0 Å². The molecular formula is C13H16N4OS. The molecule has 1 aromatic carbocycles. The Hall–Kier alpha value is -1.95. The number of hydrogen-bond acceptors (Lipinski definition) is 5. The highest BCUT2D eigenvalue weighted by Gasteiger charge is 2.04. The molecule has 1 heterocycles. The molecule has 0 unspecified atom stereocenters. The molecule has 0 aliphatic heterocycles. The van der Waals surface area contributed by atoms with Gasteiger partial charge in [0.25, 0.3) is 0 Å². The second-order valence-electron chi connectivity index (χ2n) is 4.20. The van der Waals surface area contributed by atoms with Gasteiger partial charge in [0.1, 0.15) is 0 Å². The highest BCUT2D eigenvalue weighted by atomic mass is 32.1. The van der Waals surface area contributed by atoms with Crippen molar-refractivity contribution in [3.8, 4) is 0 Å². The Balaban J connectivity index is 2.23. The van der Waals surface area contributed by atoms with E-state index >= 15 is 0 Å². The van der Waals surface area contributed by atoms with Crippen molar-refractivity contribution in [3.05, 3.63) is 18.2 Å². The van der Waals surface area contributed by atoms with E-state index in [1.807, 2.05) is 25.1 Å². The van der Waals surface area contributed by atoms with Gasteiger partial charge in [-0.3, -0.25) is 10.2 Å². The van der Waals surface area contributed by atoms with Crippen molar-refractivity contribution in [1.82, 2.24) is 4.98 Å². The summed E-state index contributed by atoms with van der Waals surface area (Å²) in [6, 6.07) is 5.64. The first kappa shape index (κ1) is 13.5. The summed E-state index contributed by atoms with van der Waals surface area (Å²) in [5, 5.41) is 7.73. The van der Waals surface area contributed by atoms with Crippen LogP contribution in [-0.4, -0.2) is 16.6 Å². The summed E-state index contributed by atoms with van der Waals surface area (Å²) in [6.07, 6.45) is 0.907. The number of aromatic nitrogens is 1. The lowest BCUT2D eigenvalue weighted by Crippen LogP contribution is -2.05. The van der Waals surface area contributed by atoms with Crippen LogP contribution in [0.25, 0.3) is 10.2 Å². The summed E-state index contributed by atoms with van der Waals surface area (Å²) in [4.78, 5) is 15.4. The lowest BCUT2D eigenvalue weighted by atomic mass is 10.3. The van der Waals surface area contributed by atoms with Gasteiger partial charge in [0.15, 0.2) is 0 Å². The van der Waals surface area contributed by atoms with Crippen LogP contribution in [0, 0.1) is 0 Å². The SMILES string of the molecule is CC/C(C)=N\Nc1nc2ccc(NC(C)=O)cc2s1. The third-order valence-electron chi connectivity index (χ3n) is 2.56. The summed E-state index contributed by atoms with van der Waals surface area (Å²) in [7, 11) is 0. The fraction of sp³-hybridized carbons (Fsp3) is 0.308. The third-order valence-corrected chi connectivity index (χ3v) is 3.49. The number of nitrogens with one attached hydrogen (secondary N) is 2. The molecular weight excluding hydrogens is 260 g/mol. The van der Waals surface area contributed by atoms with Gasteiger partial charge in [-0.2, -0.15) is 5.10 Å². The van der Waals surface area contributed by atoms with E-state index in [0.717, 1.165) is 33.2 Å². The van der Waals surface area contributed by atoms with Gasteiger partial charge in [-0.15, -0.1) is 0 Å². The van der Waals surface area contributed by atoms with Crippen LogP contribution in [0.4, 0.5) is 10.8 Å². The summed E-state index contributed by atoms with van der Waals surface area (Å²) in [5.74, 6) is -0.0783. The molecule has 0 spiro atoms. The number of hydrazone groups is 1. The quantitative estimate of drug-likeness (QED) is 0.664. The maximum Gasteiger partial charge on any atom is 0.221 e. The average molecular weight is 276 g/mol. The van der Waals surface area contributed by atoms with Crippen molar-refractivity contribution >= 4 is 44.0 Å². The molecule has 1 aromatic heterocycles. The van der Waals surface area contributed by atoms with Crippen LogP contribution in [0.3, 0.4) is 0 Å². The average Bonchev–Trinajstić information content (AvgIpc) is 2.77. The molecule has 0 bridgehead atoms. The van der Waals surface area contributed by atoms with Gasteiger partial charge in [0.05, 0.1) is 10.2 Å². The number of rotatable bonds is 4. The van der Waals surface area contributed by atoms with Gasteiger partial charge in [-0.1, -0.05) is 18.3 Å². The lowest BCUT2D eigenvalue weighted by molar-refractivity contribution is -0.114. The molecule has 0 atom stereocenters. The van der Waals surface area contributed by atoms with Gasteiger partial charge in [-0.05, 0) is 31.5 Å². The Labute approximate surface area is 115 Å². The highest BCUT2D eigenvalue weighted by molar-refractivity contribution is 7.22. The zero-order chi connectivity index (χ0) is 13.8. The topological polar surface area (TPSA) is 66.4 Å². The molecule has 0 saturated carbocycles. The molecule has 19 heavy (non-hydrogen) atoms. The van der Waals surface area contributed by atoms with Crippen LogP contribution in [0.2, 0.25) is 0 Å². The predicted octanol–water partition coefficient (Wildman–Crippen LogP) is 3.45. The number of thiazole rings is 1. The van der Waals surface area contributed by atoms with Crippen LogP contribution in [0.5, 0.6) is 0 Å². The van der Waals surface area contributed by atoms with E-state index in [0.29, 0.717) is 0 Å². The fourth-order valence-corrected chi connectivity index (χ4v) is 2.32. The molecule has 5 nitrogen and oxygen atoms in total. The summed E-state index contributed by atoms with van der Waals surface area (Å²) in [6.45, 7) is 5.51. The molecule has 0 aliphatic carbocycles. The number of carbonyl (C=O) groups excluding carboxylic acids is 1. The molecule has 0 fully saturated rings. The van der Waals surface area contributed by atoms with E-state index in [1.165, 1.54) is 18.3 Å². The number of carbonyl (C=O) groups is 1. The van der Waals surface area contributed by atoms with Crippen molar-refractivity contribution in [1.29, 1.82) is 0 Å². The van der Waals surface area contributed by atoms with E-state index in [2.05, 4.69) is 27.8 Å². The van der Waals surface area contributed by atoms with E-state index < -0.39 is 0 Å². The third kappa shape index (κ3) is 3.51. The van der Waals surface area contributed by atoms with Crippen LogP contribution < -0.4 is 10.7 Å². The first-order valence-corrected chi connectivity index (χ1v) is 6.87. The summed E-state index contributed by atoms with van der Waals surface area (Å²) < 4.78 is 1.01. The standard InChI is InChI=1S/C13H16N4OS/c1-4-8(2)16-17-13-15-11-6-5-10(14-9(3)18)7-12(11)19-13/h5-7H,4H2,1-3H3,(H,14,18)(H,15,17)/b16-8-. The largest absolute Gasteiger partial charge is 0.326 e. The maximum absolute atomic E-state index is 11.0. The fourth-order valence-electron chi connectivity index (χ4n) is 1.48. The molecule has 6 heteroatoms. The molecule has 2 rings (SSSR count). The normalized spacial score (nSPS) is 11.6.